The fraction of sp³-hybridized carbons (Fsp3) is 0.583. The van der Waals surface area contributed by atoms with Crippen molar-refractivity contribution in [2.45, 2.75) is 32.4 Å². The van der Waals surface area contributed by atoms with Crippen molar-refractivity contribution in [3.05, 3.63) is 28.5 Å². The van der Waals surface area contributed by atoms with E-state index in [1.807, 2.05) is 20.2 Å². The number of nitrogens with one attached hydrogen (secondary N) is 1. The molecule has 0 amide bonds. The maximum atomic E-state index is 5.60. The van der Waals surface area contributed by atoms with Gasteiger partial charge in [-0.3, -0.25) is 4.98 Å². The van der Waals surface area contributed by atoms with E-state index >= 15 is 0 Å². The molecule has 0 aromatic carbocycles. The van der Waals surface area contributed by atoms with Crippen LogP contribution in [0.15, 0.2) is 22.9 Å². The van der Waals surface area contributed by atoms with Crippen molar-refractivity contribution in [1.29, 1.82) is 0 Å². The van der Waals surface area contributed by atoms with Gasteiger partial charge in [0.15, 0.2) is 0 Å². The first-order chi connectivity index (χ1) is 7.67. The van der Waals surface area contributed by atoms with E-state index in [-0.39, 0.29) is 6.10 Å². The summed E-state index contributed by atoms with van der Waals surface area (Å²) < 4.78 is 6.62. The summed E-state index contributed by atoms with van der Waals surface area (Å²) in [5.41, 5.74) is 1.21. The number of hydrogen-bond acceptors (Lipinski definition) is 3. The zero-order chi connectivity index (χ0) is 12.0. The first-order valence-electron chi connectivity index (χ1n) is 5.55. The van der Waals surface area contributed by atoms with Crippen LogP contribution in [0, 0.1) is 0 Å². The second kappa shape index (κ2) is 6.99. The summed E-state index contributed by atoms with van der Waals surface area (Å²) in [7, 11) is 1.96. The fourth-order valence-electron chi connectivity index (χ4n) is 1.70. The molecule has 1 N–H and O–H groups in total. The van der Waals surface area contributed by atoms with E-state index in [1.165, 1.54) is 5.56 Å². The third kappa shape index (κ3) is 4.20. The topological polar surface area (TPSA) is 34.1 Å². The van der Waals surface area contributed by atoms with Gasteiger partial charge in [-0.15, -0.1) is 0 Å². The molecule has 1 heterocycles. The Morgan fingerprint density at radius 3 is 2.81 bits per heavy atom. The van der Waals surface area contributed by atoms with Gasteiger partial charge in [-0.1, -0.05) is 0 Å². The normalized spacial score (nSPS) is 14.8. The van der Waals surface area contributed by atoms with Crippen molar-refractivity contribution >= 4 is 15.9 Å². The van der Waals surface area contributed by atoms with Crippen LogP contribution >= 0.6 is 15.9 Å². The SMILES string of the molecule is CCOC(C)C(Cc1cncc(Br)c1)NC. The number of hydrogen-bond donors (Lipinski definition) is 1. The molecule has 0 aliphatic rings. The molecule has 16 heavy (non-hydrogen) atoms. The highest BCUT2D eigenvalue weighted by Gasteiger charge is 2.16. The second-order valence-electron chi connectivity index (χ2n) is 3.77. The van der Waals surface area contributed by atoms with E-state index in [1.54, 1.807) is 6.20 Å². The van der Waals surface area contributed by atoms with Crippen LogP contribution in [-0.2, 0) is 11.2 Å². The number of rotatable bonds is 6. The molecule has 0 aliphatic heterocycles. The average molecular weight is 287 g/mol. The molecule has 1 aromatic heterocycles. The van der Waals surface area contributed by atoms with Gasteiger partial charge < -0.3 is 10.1 Å². The molecule has 2 unspecified atom stereocenters. The van der Waals surface area contributed by atoms with Crippen LogP contribution in [0.5, 0.6) is 0 Å². The van der Waals surface area contributed by atoms with Gasteiger partial charge in [0.1, 0.15) is 0 Å². The number of halogens is 1. The lowest BCUT2D eigenvalue weighted by Gasteiger charge is -2.23. The molecule has 0 saturated carbocycles. The van der Waals surface area contributed by atoms with Gasteiger partial charge in [-0.05, 0) is 54.9 Å². The quantitative estimate of drug-likeness (QED) is 0.872. The number of pyridine rings is 1. The average Bonchev–Trinajstić information content (AvgIpc) is 2.26. The van der Waals surface area contributed by atoms with E-state index in [9.17, 15) is 0 Å². The van der Waals surface area contributed by atoms with E-state index < -0.39 is 0 Å². The Labute approximate surface area is 106 Å². The summed E-state index contributed by atoms with van der Waals surface area (Å²) in [6.07, 6.45) is 4.82. The fourth-order valence-corrected chi connectivity index (χ4v) is 2.12. The van der Waals surface area contributed by atoms with Crippen molar-refractivity contribution in [3.63, 3.8) is 0 Å². The highest BCUT2D eigenvalue weighted by molar-refractivity contribution is 9.10. The zero-order valence-corrected chi connectivity index (χ0v) is 11.6. The first kappa shape index (κ1) is 13.6. The summed E-state index contributed by atoms with van der Waals surface area (Å²) in [5.74, 6) is 0. The molecule has 0 saturated heterocycles. The van der Waals surface area contributed by atoms with E-state index in [4.69, 9.17) is 4.74 Å². The van der Waals surface area contributed by atoms with Gasteiger partial charge in [0.25, 0.3) is 0 Å². The number of nitrogens with zero attached hydrogens (tertiary/aromatic N) is 1. The number of aromatic nitrogens is 1. The summed E-state index contributed by atoms with van der Waals surface area (Å²) in [6.45, 7) is 4.86. The van der Waals surface area contributed by atoms with Gasteiger partial charge in [-0.25, -0.2) is 0 Å². The van der Waals surface area contributed by atoms with E-state index in [0.29, 0.717) is 6.04 Å². The van der Waals surface area contributed by atoms with Gasteiger partial charge >= 0.3 is 0 Å². The number of ether oxygens (including phenoxy) is 1. The zero-order valence-electron chi connectivity index (χ0n) is 10.0. The molecule has 4 heteroatoms. The standard InChI is InChI=1S/C12H19BrN2O/c1-4-16-9(2)12(14-3)6-10-5-11(13)8-15-7-10/h5,7-9,12,14H,4,6H2,1-3H3. The highest BCUT2D eigenvalue weighted by Crippen LogP contribution is 2.13. The summed E-state index contributed by atoms with van der Waals surface area (Å²) in [5, 5.41) is 3.29. The molecular weight excluding hydrogens is 268 g/mol. The molecular formula is C12H19BrN2O. The van der Waals surface area contributed by atoms with Crippen LogP contribution in [0.3, 0.4) is 0 Å². The Bertz CT molecular complexity index is 320. The second-order valence-corrected chi connectivity index (χ2v) is 4.69. The molecule has 0 radical (unpaired) electrons. The van der Waals surface area contributed by atoms with E-state index in [0.717, 1.165) is 17.5 Å². The minimum absolute atomic E-state index is 0.203. The maximum absolute atomic E-state index is 5.60. The van der Waals surface area contributed by atoms with E-state index in [2.05, 4.69) is 39.2 Å². The number of likely N-dealkylation sites (N-methyl/N-ethyl adjacent to an activating group) is 1. The molecule has 0 aliphatic carbocycles. The van der Waals surface area contributed by atoms with Gasteiger partial charge in [-0.2, -0.15) is 0 Å². The van der Waals surface area contributed by atoms with Crippen molar-refractivity contribution in [3.8, 4) is 0 Å². The first-order valence-corrected chi connectivity index (χ1v) is 6.35. The predicted molar refractivity (Wildman–Crippen MR) is 69.6 cm³/mol. The van der Waals surface area contributed by atoms with Crippen molar-refractivity contribution < 1.29 is 4.74 Å². The molecule has 0 spiro atoms. The predicted octanol–water partition coefficient (Wildman–Crippen LogP) is 2.40. The van der Waals surface area contributed by atoms with Gasteiger partial charge in [0.05, 0.1) is 6.10 Å². The lowest BCUT2D eigenvalue weighted by molar-refractivity contribution is 0.0496. The van der Waals surface area contributed by atoms with Crippen LogP contribution in [0.25, 0.3) is 0 Å². The molecule has 2 atom stereocenters. The van der Waals surface area contributed by atoms with Crippen LogP contribution in [0.2, 0.25) is 0 Å². The van der Waals surface area contributed by atoms with Crippen LogP contribution in [-0.4, -0.2) is 30.8 Å². The Morgan fingerprint density at radius 2 is 2.25 bits per heavy atom. The Hall–Kier alpha value is -0.450. The molecule has 3 nitrogen and oxygen atoms in total. The minimum atomic E-state index is 0.203. The van der Waals surface area contributed by atoms with Gasteiger partial charge in [0, 0.05) is 29.5 Å². The maximum Gasteiger partial charge on any atom is 0.0702 e. The van der Waals surface area contributed by atoms with Crippen molar-refractivity contribution in [2.24, 2.45) is 0 Å². The summed E-state index contributed by atoms with van der Waals surface area (Å²) in [4.78, 5) is 4.16. The lowest BCUT2D eigenvalue weighted by Crippen LogP contribution is -2.39. The van der Waals surface area contributed by atoms with Gasteiger partial charge in [0.2, 0.25) is 0 Å². The highest BCUT2D eigenvalue weighted by atomic mass is 79.9. The molecule has 0 fully saturated rings. The van der Waals surface area contributed by atoms with Crippen LogP contribution in [0.1, 0.15) is 19.4 Å². The monoisotopic (exact) mass is 286 g/mol. The smallest absolute Gasteiger partial charge is 0.0702 e. The van der Waals surface area contributed by atoms with Crippen molar-refractivity contribution in [2.75, 3.05) is 13.7 Å². The summed E-state index contributed by atoms with van der Waals surface area (Å²) >= 11 is 3.43. The van der Waals surface area contributed by atoms with Crippen molar-refractivity contribution in [1.82, 2.24) is 10.3 Å². The molecule has 90 valence electrons. The van der Waals surface area contributed by atoms with Crippen LogP contribution < -0.4 is 5.32 Å². The molecule has 0 bridgehead atoms. The molecule has 1 rings (SSSR count). The summed E-state index contributed by atoms with van der Waals surface area (Å²) in [6, 6.07) is 2.41. The Balaban J connectivity index is 2.62. The third-order valence-corrected chi connectivity index (χ3v) is 3.02. The van der Waals surface area contributed by atoms with Crippen LogP contribution in [0.4, 0.5) is 0 Å². The molecule has 1 aromatic rings. The Morgan fingerprint density at radius 1 is 1.50 bits per heavy atom. The third-order valence-electron chi connectivity index (χ3n) is 2.58. The largest absolute Gasteiger partial charge is 0.377 e. The minimum Gasteiger partial charge on any atom is -0.377 e. The Kier molecular flexibility index (Phi) is 5.95. The lowest BCUT2D eigenvalue weighted by atomic mass is 10.0.